The van der Waals surface area contributed by atoms with E-state index in [0.717, 1.165) is 19.6 Å². The predicted octanol–water partition coefficient (Wildman–Crippen LogP) is 3.19. The van der Waals surface area contributed by atoms with Crippen LogP contribution in [-0.2, 0) is 12.0 Å². The van der Waals surface area contributed by atoms with E-state index in [1.54, 1.807) is 0 Å². The molecule has 1 fully saturated rings. The summed E-state index contributed by atoms with van der Waals surface area (Å²) in [5.41, 5.74) is 2.45. The summed E-state index contributed by atoms with van der Waals surface area (Å²) in [6.45, 7) is 13.4. The summed E-state index contributed by atoms with van der Waals surface area (Å²) in [5.74, 6) is 0.340. The lowest BCUT2D eigenvalue weighted by Crippen LogP contribution is -2.63. The first-order chi connectivity index (χ1) is 8.71. The fourth-order valence-corrected chi connectivity index (χ4v) is 2.57. The molecular formula is C17H27NO. The summed E-state index contributed by atoms with van der Waals surface area (Å²) in [5, 5.41) is 10.2. The Morgan fingerprint density at radius 3 is 2.11 bits per heavy atom. The van der Waals surface area contributed by atoms with Crippen LogP contribution >= 0.6 is 0 Å². The molecule has 1 N–H and O–H groups in total. The Labute approximate surface area is 117 Å². The summed E-state index contributed by atoms with van der Waals surface area (Å²) in [4.78, 5) is 2.31. The van der Waals surface area contributed by atoms with Gasteiger partial charge in [-0.2, -0.15) is 0 Å². The van der Waals surface area contributed by atoms with Gasteiger partial charge in [0.05, 0.1) is 5.60 Å². The first kappa shape index (κ1) is 14.5. The maximum atomic E-state index is 10.2. The molecule has 2 heteroatoms. The standard InChI is InChI=1S/C17H27NO/c1-13(2)17(19)11-18(12-17)10-14-6-8-15(9-7-14)16(3,4)5/h6-9,13,19H,10-12H2,1-5H3. The Hall–Kier alpha value is -0.860. The first-order valence-corrected chi connectivity index (χ1v) is 7.25. The van der Waals surface area contributed by atoms with Crippen molar-refractivity contribution in [2.75, 3.05) is 13.1 Å². The van der Waals surface area contributed by atoms with Gasteiger partial charge in [0.1, 0.15) is 0 Å². The van der Waals surface area contributed by atoms with Crippen LogP contribution in [0.5, 0.6) is 0 Å². The van der Waals surface area contributed by atoms with Gasteiger partial charge >= 0.3 is 0 Å². The molecule has 0 spiro atoms. The lowest BCUT2D eigenvalue weighted by Gasteiger charge is -2.49. The normalized spacial score (nSPS) is 19.5. The molecule has 1 aliphatic heterocycles. The number of rotatable bonds is 3. The minimum Gasteiger partial charge on any atom is -0.387 e. The Balaban J connectivity index is 1.92. The number of nitrogens with zero attached hydrogens (tertiary/aromatic N) is 1. The van der Waals surface area contributed by atoms with Crippen LogP contribution in [0.1, 0.15) is 45.7 Å². The lowest BCUT2D eigenvalue weighted by molar-refractivity contribution is -0.130. The second kappa shape index (κ2) is 4.92. The van der Waals surface area contributed by atoms with Gasteiger partial charge in [0.15, 0.2) is 0 Å². The third kappa shape index (κ3) is 3.18. The van der Waals surface area contributed by atoms with Gasteiger partial charge in [0.2, 0.25) is 0 Å². The van der Waals surface area contributed by atoms with Gasteiger partial charge in [-0.1, -0.05) is 58.9 Å². The van der Waals surface area contributed by atoms with Crippen molar-refractivity contribution in [3.8, 4) is 0 Å². The molecule has 0 saturated carbocycles. The van der Waals surface area contributed by atoms with Crippen molar-refractivity contribution >= 4 is 0 Å². The summed E-state index contributed by atoms with van der Waals surface area (Å²) in [7, 11) is 0. The van der Waals surface area contributed by atoms with Crippen LogP contribution in [0.4, 0.5) is 0 Å². The van der Waals surface area contributed by atoms with Crippen molar-refractivity contribution in [2.24, 2.45) is 5.92 Å². The van der Waals surface area contributed by atoms with Crippen LogP contribution in [0.3, 0.4) is 0 Å². The lowest BCUT2D eigenvalue weighted by atomic mass is 9.82. The fourth-order valence-electron chi connectivity index (χ4n) is 2.57. The van der Waals surface area contributed by atoms with E-state index in [1.807, 2.05) is 0 Å². The molecule has 2 rings (SSSR count). The van der Waals surface area contributed by atoms with Crippen LogP contribution in [-0.4, -0.2) is 28.7 Å². The van der Waals surface area contributed by atoms with E-state index in [4.69, 9.17) is 0 Å². The molecule has 2 nitrogen and oxygen atoms in total. The molecule has 1 heterocycles. The van der Waals surface area contributed by atoms with Crippen molar-refractivity contribution in [1.82, 2.24) is 4.90 Å². The van der Waals surface area contributed by atoms with E-state index in [2.05, 4.69) is 63.8 Å². The van der Waals surface area contributed by atoms with Crippen molar-refractivity contribution in [3.63, 3.8) is 0 Å². The monoisotopic (exact) mass is 261 g/mol. The van der Waals surface area contributed by atoms with Gasteiger partial charge in [0, 0.05) is 19.6 Å². The Morgan fingerprint density at radius 1 is 1.16 bits per heavy atom. The molecule has 1 aromatic carbocycles. The predicted molar refractivity (Wildman–Crippen MR) is 80.2 cm³/mol. The zero-order valence-electron chi connectivity index (χ0n) is 12.9. The molecule has 1 aliphatic rings. The van der Waals surface area contributed by atoms with Crippen molar-refractivity contribution < 1.29 is 5.11 Å². The number of likely N-dealkylation sites (tertiary alicyclic amines) is 1. The minimum absolute atomic E-state index is 0.215. The van der Waals surface area contributed by atoms with Gasteiger partial charge in [-0.15, -0.1) is 0 Å². The number of hydrogen-bond acceptors (Lipinski definition) is 2. The highest BCUT2D eigenvalue weighted by Gasteiger charge is 2.43. The average Bonchev–Trinajstić information content (AvgIpc) is 2.26. The highest BCUT2D eigenvalue weighted by molar-refractivity contribution is 5.27. The topological polar surface area (TPSA) is 23.5 Å². The summed E-state index contributed by atoms with van der Waals surface area (Å²) < 4.78 is 0. The molecule has 0 atom stereocenters. The smallest absolute Gasteiger partial charge is 0.0923 e. The van der Waals surface area contributed by atoms with E-state index in [-0.39, 0.29) is 5.41 Å². The Kier molecular flexibility index (Phi) is 3.76. The van der Waals surface area contributed by atoms with E-state index < -0.39 is 5.60 Å². The third-order valence-electron chi connectivity index (χ3n) is 4.30. The maximum absolute atomic E-state index is 10.2. The zero-order valence-corrected chi connectivity index (χ0v) is 12.9. The largest absolute Gasteiger partial charge is 0.387 e. The summed E-state index contributed by atoms with van der Waals surface area (Å²) in [6.07, 6.45) is 0. The SMILES string of the molecule is CC(C)C1(O)CN(Cc2ccc(C(C)(C)C)cc2)C1. The molecule has 0 unspecified atom stereocenters. The molecule has 0 amide bonds. The molecule has 0 aliphatic carbocycles. The van der Waals surface area contributed by atoms with Crippen molar-refractivity contribution in [1.29, 1.82) is 0 Å². The molecule has 19 heavy (non-hydrogen) atoms. The van der Waals surface area contributed by atoms with Crippen LogP contribution < -0.4 is 0 Å². The fraction of sp³-hybridized carbons (Fsp3) is 0.647. The molecule has 1 aromatic rings. The molecule has 1 saturated heterocycles. The molecule has 106 valence electrons. The zero-order chi connectivity index (χ0) is 14.3. The molecule has 0 bridgehead atoms. The van der Waals surface area contributed by atoms with Gasteiger partial charge in [0.25, 0.3) is 0 Å². The summed E-state index contributed by atoms with van der Waals surface area (Å²) in [6, 6.07) is 8.88. The molecule has 0 radical (unpaired) electrons. The molecular weight excluding hydrogens is 234 g/mol. The van der Waals surface area contributed by atoms with E-state index in [1.165, 1.54) is 11.1 Å². The average molecular weight is 261 g/mol. The quantitative estimate of drug-likeness (QED) is 0.903. The Bertz CT molecular complexity index is 422. The van der Waals surface area contributed by atoms with Crippen LogP contribution in [0, 0.1) is 5.92 Å². The number of β-amino-alcohol motifs (C(OH)–C–C–N with tert-alkyl or cyclic N) is 1. The maximum Gasteiger partial charge on any atom is 0.0923 e. The van der Waals surface area contributed by atoms with E-state index in [0.29, 0.717) is 5.92 Å². The van der Waals surface area contributed by atoms with Crippen LogP contribution in [0.2, 0.25) is 0 Å². The number of aliphatic hydroxyl groups is 1. The Morgan fingerprint density at radius 2 is 1.68 bits per heavy atom. The van der Waals surface area contributed by atoms with Gasteiger partial charge in [-0.3, -0.25) is 4.90 Å². The number of benzene rings is 1. The van der Waals surface area contributed by atoms with Gasteiger partial charge in [-0.05, 0) is 22.5 Å². The first-order valence-electron chi connectivity index (χ1n) is 7.25. The highest BCUT2D eigenvalue weighted by atomic mass is 16.3. The van der Waals surface area contributed by atoms with E-state index >= 15 is 0 Å². The summed E-state index contributed by atoms with van der Waals surface area (Å²) >= 11 is 0. The highest BCUT2D eigenvalue weighted by Crippen LogP contribution is 2.30. The second-order valence-corrected chi connectivity index (χ2v) is 7.35. The van der Waals surface area contributed by atoms with Crippen molar-refractivity contribution in [3.05, 3.63) is 35.4 Å². The van der Waals surface area contributed by atoms with Gasteiger partial charge in [-0.25, -0.2) is 0 Å². The van der Waals surface area contributed by atoms with Crippen molar-refractivity contribution in [2.45, 2.75) is 52.2 Å². The van der Waals surface area contributed by atoms with Gasteiger partial charge < -0.3 is 5.11 Å². The van der Waals surface area contributed by atoms with Crippen LogP contribution in [0.15, 0.2) is 24.3 Å². The van der Waals surface area contributed by atoms with Crippen LogP contribution in [0.25, 0.3) is 0 Å². The minimum atomic E-state index is -0.467. The molecule has 0 aromatic heterocycles. The van der Waals surface area contributed by atoms with E-state index in [9.17, 15) is 5.11 Å². The second-order valence-electron chi connectivity index (χ2n) is 7.35. The number of hydrogen-bond donors (Lipinski definition) is 1. The third-order valence-corrected chi connectivity index (χ3v) is 4.30.